The zero-order chi connectivity index (χ0) is 15.8. The van der Waals surface area contributed by atoms with Gasteiger partial charge in [0.15, 0.2) is 0 Å². The minimum absolute atomic E-state index is 0.0133. The molecular formula is C18H27NO3. The van der Waals surface area contributed by atoms with E-state index in [1.54, 1.807) is 0 Å². The van der Waals surface area contributed by atoms with Crippen LogP contribution in [-0.4, -0.2) is 24.2 Å². The van der Waals surface area contributed by atoms with Crippen molar-refractivity contribution >= 4 is 5.91 Å². The molecule has 4 nitrogen and oxygen atoms in total. The monoisotopic (exact) mass is 305 g/mol. The van der Waals surface area contributed by atoms with Crippen LogP contribution in [0.1, 0.15) is 44.6 Å². The lowest BCUT2D eigenvalue weighted by molar-refractivity contribution is -0.122. The number of rotatable bonds is 7. The molecule has 1 saturated carbocycles. The topological polar surface area (TPSA) is 58.6 Å². The maximum Gasteiger partial charge on any atom is 0.220 e. The molecule has 1 fully saturated rings. The molecule has 0 aliphatic heterocycles. The normalized spacial score (nSPS) is 21.4. The molecule has 1 aliphatic rings. The summed E-state index contributed by atoms with van der Waals surface area (Å²) in [6.07, 6.45) is 5.52. The number of aliphatic hydroxyl groups is 1. The van der Waals surface area contributed by atoms with Gasteiger partial charge >= 0.3 is 0 Å². The fraction of sp³-hybridized carbons (Fsp3) is 0.611. The van der Waals surface area contributed by atoms with E-state index in [1.807, 2.05) is 24.3 Å². The molecule has 1 aromatic carbocycles. The molecule has 0 saturated heterocycles. The second kappa shape index (κ2) is 8.79. The first kappa shape index (κ1) is 16.8. The molecule has 1 aliphatic carbocycles. The Morgan fingerprint density at radius 2 is 2.18 bits per heavy atom. The third-order valence-corrected chi connectivity index (χ3v) is 4.32. The zero-order valence-electron chi connectivity index (χ0n) is 13.4. The van der Waals surface area contributed by atoms with Crippen molar-refractivity contribution in [3.05, 3.63) is 29.8 Å². The molecule has 0 heterocycles. The smallest absolute Gasteiger partial charge is 0.220 e. The molecule has 2 unspecified atom stereocenters. The Bertz CT molecular complexity index is 475. The summed E-state index contributed by atoms with van der Waals surface area (Å²) in [6.45, 7) is 3.01. The summed E-state index contributed by atoms with van der Waals surface area (Å²) >= 11 is 0. The van der Waals surface area contributed by atoms with Crippen LogP contribution < -0.4 is 10.1 Å². The highest BCUT2D eigenvalue weighted by molar-refractivity contribution is 5.76. The first-order valence-corrected chi connectivity index (χ1v) is 8.27. The molecule has 2 N–H and O–H groups in total. The molecule has 0 radical (unpaired) electrons. The van der Waals surface area contributed by atoms with Crippen LogP contribution in [0.25, 0.3) is 0 Å². The highest BCUT2D eigenvalue weighted by Gasteiger charge is 2.21. The van der Waals surface area contributed by atoms with Crippen LogP contribution in [0.2, 0.25) is 0 Å². The van der Waals surface area contributed by atoms with Gasteiger partial charge in [-0.25, -0.2) is 0 Å². The number of aliphatic hydroxyl groups excluding tert-OH is 1. The quantitative estimate of drug-likeness (QED) is 0.814. The Morgan fingerprint density at radius 3 is 2.95 bits per heavy atom. The summed E-state index contributed by atoms with van der Waals surface area (Å²) in [5.74, 6) is 2.13. The van der Waals surface area contributed by atoms with Crippen molar-refractivity contribution in [1.82, 2.24) is 5.32 Å². The SMILES string of the molecule is CC1CCCC(CC(=O)NCc2ccccc2OCCO)C1. The Labute approximate surface area is 132 Å². The standard InChI is InChI=1S/C18H27NO3/c1-14-5-4-6-15(11-14)12-18(21)19-13-16-7-2-3-8-17(16)22-10-9-20/h2-3,7-8,14-15,20H,4-6,9-13H2,1H3,(H,19,21). The number of para-hydroxylation sites is 1. The van der Waals surface area contributed by atoms with Gasteiger partial charge in [-0.3, -0.25) is 4.79 Å². The van der Waals surface area contributed by atoms with Gasteiger partial charge in [0.05, 0.1) is 6.61 Å². The van der Waals surface area contributed by atoms with Crippen LogP contribution in [0.15, 0.2) is 24.3 Å². The average Bonchev–Trinajstić information content (AvgIpc) is 2.51. The van der Waals surface area contributed by atoms with Gasteiger partial charge in [-0.05, 0) is 30.7 Å². The third-order valence-electron chi connectivity index (χ3n) is 4.32. The summed E-state index contributed by atoms with van der Waals surface area (Å²) < 4.78 is 5.48. The van der Waals surface area contributed by atoms with Crippen molar-refractivity contribution in [1.29, 1.82) is 0 Å². The minimum Gasteiger partial charge on any atom is -0.491 e. The van der Waals surface area contributed by atoms with Crippen LogP contribution in [-0.2, 0) is 11.3 Å². The lowest BCUT2D eigenvalue weighted by Crippen LogP contribution is -2.27. The van der Waals surface area contributed by atoms with Crippen LogP contribution in [0.3, 0.4) is 0 Å². The van der Waals surface area contributed by atoms with Gasteiger partial charge in [-0.2, -0.15) is 0 Å². The summed E-state index contributed by atoms with van der Waals surface area (Å²) in [5.41, 5.74) is 0.946. The fourth-order valence-corrected chi connectivity index (χ4v) is 3.22. The van der Waals surface area contributed by atoms with Gasteiger partial charge in [0.25, 0.3) is 0 Å². The average molecular weight is 305 g/mol. The van der Waals surface area contributed by atoms with E-state index >= 15 is 0 Å². The van der Waals surface area contributed by atoms with Crippen LogP contribution in [0, 0.1) is 11.8 Å². The number of carbonyl (C=O) groups excluding carboxylic acids is 1. The molecule has 2 atom stereocenters. The molecule has 2 rings (SSSR count). The van der Waals surface area contributed by atoms with Gasteiger partial charge in [-0.1, -0.05) is 38.0 Å². The highest BCUT2D eigenvalue weighted by atomic mass is 16.5. The van der Waals surface area contributed by atoms with E-state index in [-0.39, 0.29) is 19.1 Å². The van der Waals surface area contributed by atoms with Crippen molar-refractivity contribution in [2.24, 2.45) is 11.8 Å². The number of benzene rings is 1. The molecule has 0 bridgehead atoms. The maximum atomic E-state index is 12.1. The summed E-state index contributed by atoms with van der Waals surface area (Å²) in [4.78, 5) is 12.1. The zero-order valence-corrected chi connectivity index (χ0v) is 13.4. The fourth-order valence-electron chi connectivity index (χ4n) is 3.22. The molecule has 4 heteroatoms. The van der Waals surface area contributed by atoms with Gasteiger partial charge in [-0.15, -0.1) is 0 Å². The molecule has 1 amide bonds. The van der Waals surface area contributed by atoms with E-state index in [9.17, 15) is 4.79 Å². The van der Waals surface area contributed by atoms with Crippen LogP contribution in [0.4, 0.5) is 0 Å². The van der Waals surface area contributed by atoms with Crippen molar-refractivity contribution < 1.29 is 14.6 Å². The Hall–Kier alpha value is -1.55. The molecular weight excluding hydrogens is 278 g/mol. The van der Waals surface area contributed by atoms with E-state index in [1.165, 1.54) is 25.7 Å². The Balaban J connectivity index is 1.80. The third kappa shape index (κ3) is 5.34. The number of nitrogens with one attached hydrogen (secondary N) is 1. The van der Waals surface area contributed by atoms with E-state index in [4.69, 9.17) is 9.84 Å². The molecule has 122 valence electrons. The Morgan fingerprint density at radius 1 is 1.36 bits per heavy atom. The summed E-state index contributed by atoms with van der Waals surface area (Å²) in [7, 11) is 0. The second-order valence-electron chi connectivity index (χ2n) is 6.30. The first-order valence-electron chi connectivity index (χ1n) is 8.27. The largest absolute Gasteiger partial charge is 0.491 e. The van der Waals surface area contributed by atoms with Crippen molar-refractivity contribution in [3.8, 4) is 5.75 Å². The second-order valence-corrected chi connectivity index (χ2v) is 6.30. The maximum absolute atomic E-state index is 12.1. The molecule has 22 heavy (non-hydrogen) atoms. The van der Waals surface area contributed by atoms with Crippen LogP contribution >= 0.6 is 0 Å². The Kier molecular flexibility index (Phi) is 6.72. The number of hydrogen-bond acceptors (Lipinski definition) is 3. The lowest BCUT2D eigenvalue weighted by Gasteiger charge is -2.26. The van der Waals surface area contributed by atoms with Crippen molar-refractivity contribution in [3.63, 3.8) is 0 Å². The van der Waals surface area contributed by atoms with E-state index in [2.05, 4.69) is 12.2 Å². The number of ether oxygens (including phenoxy) is 1. The highest BCUT2D eigenvalue weighted by Crippen LogP contribution is 2.30. The van der Waals surface area contributed by atoms with Crippen molar-refractivity contribution in [2.75, 3.05) is 13.2 Å². The van der Waals surface area contributed by atoms with Crippen LogP contribution in [0.5, 0.6) is 5.75 Å². The number of amides is 1. The van der Waals surface area contributed by atoms with Gasteiger partial charge in [0.1, 0.15) is 12.4 Å². The minimum atomic E-state index is -0.0133. The molecule has 1 aromatic rings. The number of carbonyl (C=O) groups is 1. The number of hydrogen-bond donors (Lipinski definition) is 2. The lowest BCUT2D eigenvalue weighted by atomic mass is 9.81. The molecule has 0 spiro atoms. The predicted octanol–water partition coefficient (Wildman–Crippen LogP) is 2.89. The first-order chi connectivity index (χ1) is 10.7. The van der Waals surface area contributed by atoms with E-state index in [0.717, 1.165) is 17.2 Å². The molecule has 0 aromatic heterocycles. The van der Waals surface area contributed by atoms with E-state index < -0.39 is 0 Å². The summed E-state index contributed by atoms with van der Waals surface area (Å²) in [6, 6.07) is 7.62. The van der Waals surface area contributed by atoms with Crippen molar-refractivity contribution in [2.45, 2.75) is 45.6 Å². The van der Waals surface area contributed by atoms with Gasteiger partial charge in [0.2, 0.25) is 5.91 Å². The summed E-state index contributed by atoms with van der Waals surface area (Å²) in [5, 5.41) is 11.8. The predicted molar refractivity (Wildman–Crippen MR) is 86.6 cm³/mol. The van der Waals surface area contributed by atoms with Gasteiger partial charge < -0.3 is 15.2 Å². The van der Waals surface area contributed by atoms with E-state index in [0.29, 0.717) is 18.9 Å². The van der Waals surface area contributed by atoms with Gasteiger partial charge in [0, 0.05) is 18.5 Å².